The summed E-state index contributed by atoms with van der Waals surface area (Å²) in [5.74, 6) is 0.280. The summed E-state index contributed by atoms with van der Waals surface area (Å²) in [5, 5.41) is 8.76. The average Bonchev–Trinajstić information content (AvgIpc) is 2.69. The second kappa shape index (κ2) is 4.76. The number of carbonyl (C=O) groups excluding carboxylic acids is 1. The minimum absolute atomic E-state index is 0.0430. The number of amides is 1. The fourth-order valence-electron chi connectivity index (χ4n) is 1.95. The molecule has 1 atom stereocenters. The summed E-state index contributed by atoms with van der Waals surface area (Å²) in [6, 6.07) is 5.84. The number of nitriles is 1. The molecule has 0 radical (unpaired) electrons. The highest BCUT2D eigenvalue weighted by Crippen LogP contribution is 2.27. The second-order valence-corrected chi connectivity index (χ2v) is 4.43. The van der Waals surface area contributed by atoms with E-state index in [-0.39, 0.29) is 17.4 Å². The molecule has 1 amide bonds. The molecule has 5 heteroatoms. The molecule has 0 bridgehead atoms. The maximum Gasteiger partial charge on any atom is 0.227 e. The van der Waals surface area contributed by atoms with Crippen LogP contribution in [0.5, 0.6) is 0 Å². The van der Waals surface area contributed by atoms with Crippen LogP contribution in [0.25, 0.3) is 0 Å². The molecule has 2 rings (SSSR count). The SMILES string of the molecule is N#Cc1cc(F)cc(N2CC(CS)CC2=O)c1. The summed E-state index contributed by atoms with van der Waals surface area (Å²) in [5.41, 5.74) is 0.679. The van der Waals surface area contributed by atoms with E-state index in [0.29, 0.717) is 24.4 Å². The highest BCUT2D eigenvalue weighted by molar-refractivity contribution is 7.80. The highest BCUT2D eigenvalue weighted by Gasteiger charge is 2.29. The number of halogens is 1. The van der Waals surface area contributed by atoms with Crippen molar-refractivity contribution in [2.45, 2.75) is 6.42 Å². The Bertz CT molecular complexity index is 498. The van der Waals surface area contributed by atoms with Gasteiger partial charge in [0.15, 0.2) is 0 Å². The molecule has 0 aliphatic carbocycles. The minimum Gasteiger partial charge on any atom is -0.312 e. The molecule has 0 saturated carbocycles. The van der Waals surface area contributed by atoms with Crippen molar-refractivity contribution in [1.82, 2.24) is 0 Å². The van der Waals surface area contributed by atoms with E-state index < -0.39 is 5.82 Å². The van der Waals surface area contributed by atoms with Gasteiger partial charge in [-0.05, 0) is 29.9 Å². The summed E-state index contributed by atoms with van der Waals surface area (Å²) in [4.78, 5) is 13.3. The number of hydrogen-bond acceptors (Lipinski definition) is 3. The van der Waals surface area contributed by atoms with Crippen molar-refractivity contribution in [3.63, 3.8) is 0 Å². The van der Waals surface area contributed by atoms with Crippen LogP contribution < -0.4 is 4.90 Å². The normalized spacial score (nSPS) is 19.5. The van der Waals surface area contributed by atoms with Crippen LogP contribution >= 0.6 is 12.6 Å². The van der Waals surface area contributed by atoms with Crippen molar-refractivity contribution in [3.05, 3.63) is 29.6 Å². The van der Waals surface area contributed by atoms with E-state index in [0.717, 1.165) is 6.07 Å². The van der Waals surface area contributed by atoms with Gasteiger partial charge in [-0.2, -0.15) is 17.9 Å². The summed E-state index contributed by atoms with van der Waals surface area (Å²) in [6.45, 7) is 0.538. The van der Waals surface area contributed by atoms with E-state index in [1.807, 2.05) is 6.07 Å². The first kappa shape index (κ1) is 11.9. The predicted molar refractivity (Wildman–Crippen MR) is 65.4 cm³/mol. The average molecular weight is 250 g/mol. The fourth-order valence-corrected chi connectivity index (χ4v) is 2.19. The van der Waals surface area contributed by atoms with Gasteiger partial charge in [0, 0.05) is 18.7 Å². The monoisotopic (exact) mass is 250 g/mol. The molecule has 1 saturated heterocycles. The van der Waals surface area contributed by atoms with Crippen LogP contribution in [-0.4, -0.2) is 18.2 Å². The van der Waals surface area contributed by atoms with E-state index in [1.165, 1.54) is 17.0 Å². The first-order chi connectivity index (χ1) is 8.13. The molecule has 1 aromatic rings. The molecule has 1 fully saturated rings. The van der Waals surface area contributed by atoms with Gasteiger partial charge < -0.3 is 4.90 Å². The van der Waals surface area contributed by atoms with Gasteiger partial charge in [-0.1, -0.05) is 0 Å². The van der Waals surface area contributed by atoms with Crippen LogP contribution in [0.15, 0.2) is 18.2 Å². The zero-order chi connectivity index (χ0) is 12.4. The van der Waals surface area contributed by atoms with Gasteiger partial charge in [-0.3, -0.25) is 4.79 Å². The topological polar surface area (TPSA) is 44.1 Å². The summed E-state index contributed by atoms with van der Waals surface area (Å²) >= 11 is 4.16. The molecule has 0 spiro atoms. The maximum atomic E-state index is 13.3. The van der Waals surface area contributed by atoms with E-state index in [4.69, 9.17) is 5.26 Å². The number of nitrogens with zero attached hydrogens (tertiary/aromatic N) is 2. The number of hydrogen-bond donors (Lipinski definition) is 1. The largest absolute Gasteiger partial charge is 0.312 e. The molecule has 1 unspecified atom stereocenters. The Morgan fingerprint density at radius 1 is 1.53 bits per heavy atom. The molecule has 1 aromatic carbocycles. The smallest absolute Gasteiger partial charge is 0.227 e. The van der Waals surface area contributed by atoms with E-state index in [9.17, 15) is 9.18 Å². The van der Waals surface area contributed by atoms with Gasteiger partial charge in [0.2, 0.25) is 5.91 Å². The van der Waals surface area contributed by atoms with Crippen molar-refractivity contribution >= 4 is 24.2 Å². The lowest BCUT2D eigenvalue weighted by Gasteiger charge is -2.16. The molecule has 3 nitrogen and oxygen atoms in total. The van der Waals surface area contributed by atoms with Crippen LogP contribution in [0, 0.1) is 23.1 Å². The van der Waals surface area contributed by atoms with Crippen LogP contribution in [0.1, 0.15) is 12.0 Å². The number of rotatable bonds is 2. The molecule has 1 heterocycles. The number of anilines is 1. The van der Waals surface area contributed by atoms with Gasteiger partial charge in [-0.25, -0.2) is 4.39 Å². The molecular formula is C12H11FN2OS. The lowest BCUT2D eigenvalue weighted by Crippen LogP contribution is -2.24. The van der Waals surface area contributed by atoms with Crippen LogP contribution in [-0.2, 0) is 4.79 Å². The quantitative estimate of drug-likeness (QED) is 0.816. The zero-order valence-corrected chi connectivity index (χ0v) is 9.95. The molecule has 17 heavy (non-hydrogen) atoms. The summed E-state index contributed by atoms with van der Waals surface area (Å²) in [6.07, 6.45) is 0.432. The Kier molecular flexibility index (Phi) is 3.34. The maximum absolute atomic E-state index is 13.3. The standard InChI is InChI=1S/C12H11FN2OS/c13-10-1-8(5-14)2-11(4-10)15-6-9(7-17)3-12(15)16/h1-2,4,9,17H,3,6-7H2. The fraction of sp³-hybridized carbons (Fsp3) is 0.333. The lowest BCUT2D eigenvalue weighted by atomic mass is 10.1. The lowest BCUT2D eigenvalue weighted by molar-refractivity contribution is -0.117. The van der Waals surface area contributed by atoms with Crippen LogP contribution in [0.4, 0.5) is 10.1 Å². The highest BCUT2D eigenvalue weighted by atomic mass is 32.1. The van der Waals surface area contributed by atoms with Crippen LogP contribution in [0.2, 0.25) is 0 Å². The third-order valence-corrected chi connectivity index (χ3v) is 3.30. The van der Waals surface area contributed by atoms with Gasteiger partial charge in [-0.15, -0.1) is 0 Å². The van der Waals surface area contributed by atoms with Crippen molar-refractivity contribution < 1.29 is 9.18 Å². The Morgan fingerprint density at radius 2 is 2.29 bits per heavy atom. The van der Waals surface area contributed by atoms with E-state index in [2.05, 4.69) is 12.6 Å². The number of thiol groups is 1. The van der Waals surface area contributed by atoms with Crippen molar-refractivity contribution in [3.8, 4) is 6.07 Å². The minimum atomic E-state index is -0.499. The zero-order valence-electron chi connectivity index (χ0n) is 9.06. The Balaban J connectivity index is 2.32. The first-order valence-corrected chi connectivity index (χ1v) is 5.89. The molecule has 88 valence electrons. The molecular weight excluding hydrogens is 239 g/mol. The summed E-state index contributed by atoms with van der Waals surface area (Å²) in [7, 11) is 0. The Labute approximate surface area is 104 Å². The van der Waals surface area contributed by atoms with Gasteiger partial charge in [0.05, 0.1) is 11.6 Å². The third kappa shape index (κ3) is 2.42. The summed E-state index contributed by atoms with van der Waals surface area (Å²) < 4.78 is 13.3. The first-order valence-electron chi connectivity index (χ1n) is 5.26. The molecule has 0 aromatic heterocycles. The molecule has 0 N–H and O–H groups in total. The van der Waals surface area contributed by atoms with Crippen molar-refractivity contribution in [1.29, 1.82) is 5.26 Å². The number of benzene rings is 1. The van der Waals surface area contributed by atoms with Gasteiger partial charge in [0.25, 0.3) is 0 Å². The van der Waals surface area contributed by atoms with Crippen molar-refractivity contribution in [2.24, 2.45) is 5.92 Å². The predicted octanol–water partition coefficient (Wildman–Crippen LogP) is 1.98. The Hall–Kier alpha value is -1.54. The molecule has 1 aliphatic heterocycles. The number of carbonyl (C=O) groups is 1. The molecule has 1 aliphatic rings. The van der Waals surface area contributed by atoms with Crippen molar-refractivity contribution in [2.75, 3.05) is 17.2 Å². The van der Waals surface area contributed by atoms with Gasteiger partial charge in [0.1, 0.15) is 5.82 Å². The Morgan fingerprint density at radius 3 is 2.88 bits per heavy atom. The third-order valence-electron chi connectivity index (χ3n) is 2.79. The van der Waals surface area contributed by atoms with Gasteiger partial charge >= 0.3 is 0 Å². The second-order valence-electron chi connectivity index (χ2n) is 4.07. The van der Waals surface area contributed by atoms with E-state index in [1.54, 1.807) is 0 Å². The van der Waals surface area contributed by atoms with E-state index >= 15 is 0 Å². The van der Waals surface area contributed by atoms with Crippen LogP contribution in [0.3, 0.4) is 0 Å².